The molecule has 2 atom stereocenters. The van der Waals surface area contributed by atoms with Crippen LogP contribution in [0.4, 0.5) is 5.69 Å². The van der Waals surface area contributed by atoms with Crippen molar-refractivity contribution in [1.29, 1.82) is 0 Å². The fourth-order valence-corrected chi connectivity index (χ4v) is 3.03. The second-order valence-electron chi connectivity index (χ2n) is 5.30. The molecule has 0 bridgehead atoms. The summed E-state index contributed by atoms with van der Waals surface area (Å²) in [6.07, 6.45) is 0.383. The molecule has 2 N–H and O–H groups in total. The highest BCUT2D eigenvalue weighted by Crippen LogP contribution is 2.34. The van der Waals surface area contributed by atoms with Gasteiger partial charge in [0.15, 0.2) is 0 Å². The van der Waals surface area contributed by atoms with Crippen LogP contribution in [0, 0.1) is 12.8 Å². The number of carboxylic acids is 1. The molecule has 1 heterocycles. The van der Waals surface area contributed by atoms with Crippen molar-refractivity contribution in [2.24, 2.45) is 5.92 Å². The van der Waals surface area contributed by atoms with Gasteiger partial charge in [-0.2, -0.15) is 0 Å². The number of anilines is 1. The van der Waals surface area contributed by atoms with Gasteiger partial charge in [-0.25, -0.2) is 0 Å². The lowest BCUT2D eigenvalue weighted by atomic mass is 9.77. The number of hydrogen-bond acceptors (Lipinski definition) is 3. The molecule has 113 valence electrons. The number of carbonyl (C=O) groups excluding carboxylic acids is 1. The maximum absolute atomic E-state index is 12.4. The van der Waals surface area contributed by atoms with Gasteiger partial charge in [0, 0.05) is 5.69 Å². The van der Waals surface area contributed by atoms with Gasteiger partial charge in [-0.05, 0) is 38.1 Å². The largest absolute Gasteiger partial charge is 0.480 e. The quantitative estimate of drug-likeness (QED) is 0.867. The number of nitrogens with one attached hydrogen (secondary N) is 1. The van der Waals surface area contributed by atoms with Crippen LogP contribution in [-0.4, -0.2) is 40.5 Å². The van der Waals surface area contributed by atoms with Crippen molar-refractivity contribution < 1.29 is 14.7 Å². The van der Waals surface area contributed by atoms with Gasteiger partial charge < -0.3 is 10.4 Å². The minimum atomic E-state index is -1.46. The van der Waals surface area contributed by atoms with E-state index in [1.807, 2.05) is 38.1 Å². The molecule has 5 heteroatoms. The molecule has 0 aromatic heterocycles. The minimum absolute atomic E-state index is 0.280. The third kappa shape index (κ3) is 2.53. The molecule has 1 aliphatic heterocycles. The van der Waals surface area contributed by atoms with Gasteiger partial charge in [0.1, 0.15) is 5.54 Å². The molecule has 5 nitrogen and oxygen atoms in total. The summed E-state index contributed by atoms with van der Waals surface area (Å²) in [5.41, 5.74) is 0.246. The number of carbonyl (C=O) groups is 2. The zero-order valence-electron chi connectivity index (χ0n) is 12.4. The summed E-state index contributed by atoms with van der Waals surface area (Å²) in [6, 6.07) is 7.47. The van der Waals surface area contributed by atoms with E-state index < -0.39 is 17.4 Å². The van der Waals surface area contributed by atoms with Crippen LogP contribution in [0.2, 0.25) is 0 Å². The number of aliphatic carboxylic acids is 1. The third-order valence-electron chi connectivity index (χ3n) is 4.29. The Morgan fingerprint density at radius 3 is 2.62 bits per heavy atom. The average Bonchev–Trinajstić information content (AvgIpc) is 2.47. The molecule has 2 unspecified atom stereocenters. The number of fused-ring (bicyclic) bond motifs is 1. The van der Waals surface area contributed by atoms with Crippen LogP contribution in [0.15, 0.2) is 24.3 Å². The topological polar surface area (TPSA) is 69.6 Å². The molecule has 1 radical (unpaired) electrons. The van der Waals surface area contributed by atoms with Crippen molar-refractivity contribution >= 4 is 17.6 Å². The first-order valence-electron chi connectivity index (χ1n) is 7.17. The van der Waals surface area contributed by atoms with Crippen molar-refractivity contribution in [2.75, 3.05) is 18.4 Å². The predicted octanol–water partition coefficient (Wildman–Crippen LogP) is 1.80. The van der Waals surface area contributed by atoms with Gasteiger partial charge in [-0.15, -0.1) is 0 Å². The van der Waals surface area contributed by atoms with E-state index in [9.17, 15) is 14.7 Å². The number of amides is 1. The molecular formula is C16H21N2O3. The fraction of sp³-hybridized carbons (Fsp3) is 0.438. The van der Waals surface area contributed by atoms with Gasteiger partial charge >= 0.3 is 5.97 Å². The molecule has 0 spiro atoms. The van der Waals surface area contributed by atoms with E-state index in [4.69, 9.17) is 0 Å². The second-order valence-corrected chi connectivity index (χ2v) is 5.30. The number of rotatable bonds is 5. The zero-order valence-corrected chi connectivity index (χ0v) is 12.4. The van der Waals surface area contributed by atoms with E-state index in [-0.39, 0.29) is 5.91 Å². The first kappa shape index (κ1) is 15.5. The van der Waals surface area contributed by atoms with E-state index in [1.54, 1.807) is 4.90 Å². The summed E-state index contributed by atoms with van der Waals surface area (Å²) in [7, 11) is 0. The van der Waals surface area contributed by atoms with Crippen LogP contribution >= 0.6 is 0 Å². The van der Waals surface area contributed by atoms with Crippen molar-refractivity contribution in [3.63, 3.8) is 0 Å². The number of benzene rings is 1. The van der Waals surface area contributed by atoms with Gasteiger partial charge in [-0.1, -0.05) is 32.0 Å². The lowest BCUT2D eigenvalue weighted by Crippen LogP contribution is -2.61. The van der Waals surface area contributed by atoms with Crippen molar-refractivity contribution in [2.45, 2.75) is 25.8 Å². The Balaban J connectivity index is 2.43. The molecule has 0 saturated heterocycles. The van der Waals surface area contributed by atoms with Crippen LogP contribution in [0.5, 0.6) is 0 Å². The highest BCUT2D eigenvalue weighted by Gasteiger charge is 2.50. The van der Waals surface area contributed by atoms with E-state index in [0.29, 0.717) is 19.5 Å². The van der Waals surface area contributed by atoms with E-state index in [2.05, 4.69) is 12.2 Å². The van der Waals surface area contributed by atoms with E-state index >= 15 is 0 Å². The SMILES string of the molecule is [CH2]C(C(=O)O)(C1Cc2ccccc2NC1=O)N(CC)CC. The third-order valence-corrected chi connectivity index (χ3v) is 4.29. The Morgan fingerprint density at radius 2 is 2.05 bits per heavy atom. The van der Waals surface area contributed by atoms with E-state index in [0.717, 1.165) is 11.3 Å². The molecule has 0 saturated carbocycles. The molecule has 1 aromatic rings. The highest BCUT2D eigenvalue weighted by molar-refractivity contribution is 6.00. The van der Waals surface area contributed by atoms with Crippen LogP contribution < -0.4 is 5.32 Å². The molecule has 21 heavy (non-hydrogen) atoms. The molecule has 1 aromatic carbocycles. The normalized spacial score (nSPS) is 20.6. The first-order chi connectivity index (χ1) is 9.94. The first-order valence-corrected chi connectivity index (χ1v) is 7.17. The number of para-hydroxylation sites is 1. The van der Waals surface area contributed by atoms with Crippen LogP contribution in [-0.2, 0) is 16.0 Å². The maximum atomic E-state index is 12.4. The van der Waals surface area contributed by atoms with Gasteiger partial charge in [0.25, 0.3) is 0 Å². The van der Waals surface area contributed by atoms with E-state index in [1.165, 1.54) is 0 Å². The lowest BCUT2D eigenvalue weighted by molar-refractivity contribution is -0.155. The monoisotopic (exact) mass is 289 g/mol. The summed E-state index contributed by atoms with van der Waals surface area (Å²) in [5.74, 6) is -2.06. The summed E-state index contributed by atoms with van der Waals surface area (Å²) >= 11 is 0. The Bertz CT molecular complexity index is 554. The Labute approximate surface area is 125 Å². The highest BCUT2D eigenvalue weighted by atomic mass is 16.4. The van der Waals surface area contributed by atoms with Gasteiger partial charge in [0.05, 0.1) is 5.92 Å². The Hall–Kier alpha value is -1.88. The summed E-state index contributed by atoms with van der Waals surface area (Å²) in [4.78, 5) is 26.0. The van der Waals surface area contributed by atoms with Crippen molar-refractivity contribution in [1.82, 2.24) is 4.90 Å². The van der Waals surface area contributed by atoms with Gasteiger partial charge in [-0.3, -0.25) is 14.5 Å². The second kappa shape index (κ2) is 5.85. The van der Waals surface area contributed by atoms with Crippen LogP contribution in [0.1, 0.15) is 19.4 Å². The standard InChI is InChI=1S/C16H21N2O3/c1-4-18(5-2)16(3,15(20)21)12-10-11-8-6-7-9-13(11)17-14(12)19/h6-9,12H,3-5,10H2,1-2H3,(H,17,19)(H,20,21). The molecular weight excluding hydrogens is 268 g/mol. The molecule has 1 aliphatic rings. The Kier molecular flexibility index (Phi) is 4.32. The van der Waals surface area contributed by atoms with Crippen LogP contribution in [0.3, 0.4) is 0 Å². The number of hydrogen-bond donors (Lipinski definition) is 2. The number of nitrogens with zero attached hydrogens (tertiary/aromatic N) is 1. The molecule has 0 aliphatic carbocycles. The molecule has 1 amide bonds. The smallest absolute Gasteiger partial charge is 0.324 e. The molecule has 0 fully saturated rings. The summed E-state index contributed by atoms with van der Waals surface area (Å²) < 4.78 is 0. The summed E-state index contributed by atoms with van der Waals surface area (Å²) in [5, 5.41) is 12.5. The number of carboxylic acid groups (broad SMARTS) is 1. The lowest BCUT2D eigenvalue weighted by Gasteiger charge is -2.43. The van der Waals surface area contributed by atoms with Crippen molar-refractivity contribution in [3.8, 4) is 0 Å². The Morgan fingerprint density at radius 1 is 1.43 bits per heavy atom. The fourth-order valence-electron chi connectivity index (χ4n) is 3.03. The average molecular weight is 289 g/mol. The number of likely N-dealkylation sites (N-methyl/N-ethyl adjacent to an activating group) is 1. The predicted molar refractivity (Wildman–Crippen MR) is 80.9 cm³/mol. The maximum Gasteiger partial charge on any atom is 0.324 e. The molecule has 2 rings (SSSR count). The zero-order chi connectivity index (χ0) is 15.6. The van der Waals surface area contributed by atoms with Crippen LogP contribution in [0.25, 0.3) is 0 Å². The summed E-state index contributed by atoms with van der Waals surface area (Å²) in [6.45, 7) is 8.73. The minimum Gasteiger partial charge on any atom is -0.480 e. The van der Waals surface area contributed by atoms with Crippen molar-refractivity contribution in [3.05, 3.63) is 36.8 Å². The van der Waals surface area contributed by atoms with Gasteiger partial charge in [0.2, 0.25) is 5.91 Å².